The van der Waals surface area contributed by atoms with E-state index in [-0.39, 0.29) is 12.3 Å². The summed E-state index contributed by atoms with van der Waals surface area (Å²) in [7, 11) is 0. The quantitative estimate of drug-likeness (QED) is 0.757. The maximum Gasteiger partial charge on any atom is 0.303 e. The highest BCUT2D eigenvalue weighted by Gasteiger charge is 2.06. The first-order chi connectivity index (χ1) is 11.0. The van der Waals surface area contributed by atoms with E-state index in [4.69, 9.17) is 21.4 Å². The fourth-order valence-corrected chi connectivity index (χ4v) is 1.98. The van der Waals surface area contributed by atoms with Gasteiger partial charge in [0.15, 0.2) is 0 Å². The molecule has 1 amide bonds. The summed E-state index contributed by atoms with van der Waals surface area (Å²) in [5.41, 5.74) is 0.490. The van der Waals surface area contributed by atoms with Crippen molar-refractivity contribution in [1.29, 1.82) is 0 Å². The lowest BCUT2D eigenvalue weighted by molar-refractivity contribution is -0.137. The number of amides is 1. The molecular formula is C17H16ClNO4. The number of hydrogen-bond acceptors (Lipinski definition) is 3. The van der Waals surface area contributed by atoms with Gasteiger partial charge in [0.05, 0.1) is 0 Å². The standard InChI is InChI=1S/C17H16ClNO4/c18-13-5-9-15(10-6-13)23-14-7-3-12(4-8-14)17(22)19-11-1-2-16(20)21/h3-10H,1-2,11H2,(H,19,22)(H,20,21). The third kappa shape index (κ3) is 5.64. The van der Waals surface area contributed by atoms with Crippen LogP contribution in [0.3, 0.4) is 0 Å². The van der Waals surface area contributed by atoms with E-state index in [1.807, 2.05) is 0 Å². The molecule has 0 atom stereocenters. The zero-order valence-corrected chi connectivity index (χ0v) is 13.0. The summed E-state index contributed by atoms with van der Waals surface area (Å²) in [5.74, 6) is 0.145. The van der Waals surface area contributed by atoms with Crippen molar-refractivity contribution < 1.29 is 19.4 Å². The minimum atomic E-state index is -0.872. The molecule has 0 heterocycles. The summed E-state index contributed by atoms with van der Waals surface area (Å²) in [5, 5.41) is 11.8. The van der Waals surface area contributed by atoms with E-state index in [0.29, 0.717) is 35.1 Å². The predicted octanol–water partition coefficient (Wildman–Crippen LogP) is 3.73. The molecule has 0 bridgehead atoms. The monoisotopic (exact) mass is 333 g/mol. The van der Waals surface area contributed by atoms with Gasteiger partial charge in [0.25, 0.3) is 5.91 Å². The first-order valence-corrected chi connectivity index (χ1v) is 7.46. The van der Waals surface area contributed by atoms with Gasteiger partial charge in [-0.25, -0.2) is 0 Å². The van der Waals surface area contributed by atoms with Crippen LogP contribution in [0.1, 0.15) is 23.2 Å². The fourth-order valence-electron chi connectivity index (χ4n) is 1.86. The molecule has 5 nitrogen and oxygen atoms in total. The maximum absolute atomic E-state index is 11.9. The molecule has 0 spiro atoms. The predicted molar refractivity (Wildman–Crippen MR) is 87.2 cm³/mol. The number of benzene rings is 2. The Labute approximate surface area is 138 Å². The van der Waals surface area contributed by atoms with Gasteiger partial charge in [-0.3, -0.25) is 9.59 Å². The maximum atomic E-state index is 11.9. The van der Waals surface area contributed by atoms with Crippen LogP contribution < -0.4 is 10.1 Å². The molecule has 0 saturated carbocycles. The number of hydrogen-bond donors (Lipinski definition) is 2. The minimum absolute atomic E-state index is 0.0359. The average Bonchev–Trinajstić information content (AvgIpc) is 2.54. The highest BCUT2D eigenvalue weighted by atomic mass is 35.5. The van der Waals surface area contributed by atoms with Gasteiger partial charge in [0.2, 0.25) is 0 Å². The Morgan fingerprint density at radius 2 is 1.57 bits per heavy atom. The Morgan fingerprint density at radius 3 is 2.13 bits per heavy atom. The average molecular weight is 334 g/mol. The molecule has 2 rings (SSSR count). The van der Waals surface area contributed by atoms with Crippen LogP contribution in [0.4, 0.5) is 0 Å². The SMILES string of the molecule is O=C(O)CCCNC(=O)c1ccc(Oc2ccc(Cl)cc2)cc1. The van der Waals surface area contributed by atoms with Crippen LogP contribution in [0.15, 0.2) is 48.5 Å². The molecule has 0 radical (unpaired) electrons. The molecule has 0 aliphatic rings. The van der Waals surface area contributed by atoms with Crippen molar-refractivity contribution in [3.63, 3.8) is 0 Å². The van der Waals surface area contributed by atoms with Gasteiger partial charge in [-0.2, -0.15) is 0 Å². The molecular weight excluding hydrogens is 318 g/mol. The van der Waals surface area contributed by atoms with Crippen LogP contribution >= 0.6 is 11.6 Å². The van der Waals surface area contributed by atoms with E-state index in [2.05, 4.69) is 5.32 Å². The Morgan fingerprint density at radius 1 is 1.00 bits per heavy atom. The summed E-state index contributed by atoms with van der Waals surface area (Å²) >= 11 is 5.81. The molecule has 0 aliphatic heterocycles. The lowest BCUT2D eigenvalue weighted by atomic mass is 10.2. The molecule has 0 aromatic heterocycles. The van der Waals surface area contributed by atoms with Crippen LogP contribution in [-0.4, -0.2) is 23.5 Å². The summed E-state index contributed by atoms with van der Waals surface area (Å²) < 4.78 is 5.64. The molecule has 23 heavy (non-hydrogen) atoms. The summed E-state index contributed by atoms with van der Waals surface area (Å²) in [6.45, 7) is 0.328. The van der Waals surface area contributed by atoms with Crippen molar-refractivity contribution in [2.75, 3.05) is 6.54 Å². The number of nitrogens with one attached hydrogen (secondary N) is 1. The normalized spacial score (nSPS) is 10.1. The van der Waals surface area contributed by atoms with E-state index in [1.54, 1.807) is 48.5 Å². The van der Waals surface area contributed by atoms with Gasteiger partial charge < -0.3 is 15.2 Å². The molecule has 0 aliphatic carbocycles. The number of carbonyl (C=O) groups is 2. The second kappa shape index (κ2) is 8.19. The minimum Gasteiger partial charge on any atom is -0.481 e. The first-order valence-electron chi connectivity index (χ1n) is 7.08. The molecule has 2 aromatic carbocycles. The summed E-state index contributed by atoms with van der Waals surface area (Å²) in [4.78, 5) is 22.3. The molecule has 2 aromatic rings. The second-order valence-electron chi connectivity index (χ2n) is 4.83. The van der Waals surface area contributed by atoms with Crippen molar-refractivity contribution in [2.24, 2.45) is 0 Å². The molecule has 0 unspecified atom stereocenters. The van der Waals surface area contributed by atoms with Crippen molar-refractivity contribution >= 4 is 23.5 Å². The van der Waals surface area contributed by atoms with Gasteiger partial charge in [-0.05, 0) is 55.0 Å². The van der Waals surface area contributed by atoms with Crippen molar-refractivity contribution in [3.05, 3.63) is 59.1 Å². The van der Waals surface area contributed by atoms with E-state index in [9.17, 15) is 9.59 Å². The van der Waals surface area contributed by atoms with E-state index < -0.39 is 5.97 Å². The molecule has 0 saturated heterocycles. The van der Waals surface area contributed by atoms with Gasteiger partial charge in [0.1, 0.15) is 11.5 Å². The van der Waals surface area contributed by atoms with E-state index >= 15 is 0 Å². The Kier molecular flexibility index (Phi) is 6.00. The highest BCUT2D eigenvalue weighted by Crippen LogP contribution is 2.23. The van der Waals surface area contributed by atoms with Crippen molar-refractivity contribution in [3.8, 4) is 11.5 Å². The zero-order valence-electron chi connectivity index (χ0n) is 12.3. The first kappa shape index (κ1) is 16.8. The highest BCUT2D eigenvalue weighted by molar-refractivity contribution is 6.30. The van der Waals surface area contributed by atoms with Gasteiger partial charge >= 0.3 is 5.97 Å². The molecule has 0 fully saturated rings. The third-order valence-electron chi connectivity index (χ3n) is 3.02. The van der Waals surface area contributed by atoms with Crippen LogP contribution in [0, 0.1) is 0 Å². The van der Waals surface area contributed by atoms with E-state index in [1.165, 1.54) is 0 Å². The Hall–Kier alpha value is -2.53. The number of carbonyl (C=O) groups excluding carboxylic acids is 1. The Bertz CT molecular complexity index is 668. The third-order valence-corrected chi connectivity index (χ3v) is 3.27. The van der Waals surface area contributed by atoms with E-state index in [0.717, 1.165) is 0 Å². The number of halogens is 1. The molecule has 6 heteroatoms. The topological polar surface area (TPSA) is 75.6 Å². The lowest BCUT2D eigenvalue weighted by Crippen LogP contribution is -2.24. The summed E-state index contributed by atoms with van der Waals surface area (Å²) in [6.07, 6.45) is 0.437. The van der Waals surface area contributed by atoms with Crippen LogP contribution in [0.25, 0.3) is 0 Å². The van der Waals surface area contributed by atoms with Gasteiger partial charge in [-0.1, -0.05) is 11.6 Å². The molecule has 2 N–H and O–H groups in total. The van der Waals surface area contributed by atoms with Crippen molar-refractivity contribution in [2.45, 2.75) is 12.8 Å². The smallest absolute Gasteiger partial charge is 0.303 e. The van der Waals surface area contributed by atoms with Crippen molar-refractivity contribution in [1.82, 2.24) is 5.32 Å². The second-order valence-corrected chi connectivity index (χ2v) is 5.27. The number of aliphatic carboxylic acids is 1. The number of rotatable bonds is 7. The lowest BCUT2D eigenvalue weighted by Gasteiger charge is -2.07. The zero-order chi connectivity index (χ0) is 16.7. The number of carboxylic acid groups (broad SMARTS) is 1. The van der Waals surface area contributed by atoms with Gasteiger partial charge in [0, 0.05) is 23.6 Å². The number of carboxylic acids is 1. The van der Waals surface area contributed by atoms with Gasteiger partial charge in [-0.15, -0.1) is 0 Å². The fraction of sp³-hybridized carbons (Fsp3) is 0.176. The Balaban J connectivity index is 1.87. The van der Waals surface area contributed by atoms with Crippen LogP contribution in [0.2, 0.25) is 5.02 Å². The molecule has 120 valence electrons. The largest absolute Gasteiger partial charge is 0.481 e. The summed E-state index contributed by atoms with van der Waals surface area (Å²) in [6, 6.07) is 13.7. The van der Waals surface area contributed by atoms with Crippen LogP contribution in [-0.2, 0) is 4.79 Å². The number of ether oxygens (including phenoxy) is 1. The van der Waals surface area contributed by atoms with Crippen LogP contribution in [0.5, 0.6) is 11.5 Å².